The summed E-state index contributed by atoms with van der Waals surface area (Å²) >= 11 is 0. The van der Waals surface area contributed by atoms with Gasteiger partial charge in [0.15, 0.2) is 0 Å². The van der Waals surface area contributed by atoms with Gasteiger partial charge in [-0.1, -0.05) is 0 Å². The van der Waals surface area contributed by atoms with Crippen LogP contribution >= 0.6 is 0 Å². The summed E-state index contributed by atoms with van der Waals surface area (Å²) < 4.78 is 0. The highest BCUT2D eigenvalue weighted by Crippen LogP contribution is 2.56. The van der Waals surface area contributed by atoms with E-state index < -0.39 is 0 Å². The van der Waals surface area contributed by atoms with E-state index in [1.165, 1.54) is 38.5 Å². The maximum absolute atomic E-state index is 5.80. The number of rotatable bonds is 3. The largest absolute Gasteiger partial charge is 0.364 e. The second-order valence-corrected chi connectivity index (χ2v) is 6.92. The third-order valence-electron chi connectivity index (χ3n) is 5.43. The molecule has 4 heteroatoms. The summed E-state index contributed by atoms with van der Waals surface area (Å²) in [4.78, 5) is 8.50. The summed E-state index contributed by atoms with van der Waals surface area (Å²) in [5.74, 6) is 3.81. The van der Waals surface area contributed by atoms with Crippen molar-refractivity contribution in [2.75, 3.05) is 5.32 Å². The molecule has 4 saturated carbocycles. The zero-order chi connectivity index (χ0) is 12.9. The molecule has 0 atom stereocenters. The van der Waals surface area contributed by atoms with Crippen molar-refractivity contribution in [1.29, 1.82) is 0 Å². The van der Waals surface area contributed by atoms with Gasteiger partial charge in [0.25, 0.3) is 0 Å². The average Bonchev–Trinajstić information content (AvgIpc) is 2.37. The monoisotopic (exact) mass is 258 g/mol. The Hall–Kier alpha value is -1.16. The zero-order valence-electron chi connectivity index (χ0n) is 11.3. The van der Waals surface area contributed by atoms with Gasteiger partial charge in [-0.3, -0.25) is 0 Å². The molecule has 102 valence electrons. The van der Waals surface area contributed by atoms with Crippen LogP contribution in [0.1, 0.15) is 44.1 Å². The Morgan fingerprint density at radius 2 is 1.79 bits per heavy atom. The van der Waals surface area contributed by atoms with Gasteiger partial charge in [0, 0.05) is 23.8 Å². The number of hydrogen-bond donors (Lipinski definition) is 2. The normalized spacial score (nSPS) is 39.5. The lowest BCUT2D eigenvalue weighted by molar-refractivity contribution is 0.0105. The minimum atomic E-state index is 0.299. The van der Waals surface area contributed by atoms with Crippen molar-refractivity contribution in [3.8, 4) is 0 Å². The van der Waals surface area contributed by atoms with Crippen LogP contribution < -0.4 is 11.1 Å². The quantitative estimate of drug-likeness (QED) is 0.873. The molecule has 1 aromatic heterocycles. The van der Waals surface area contributed by atoms with Crippen LogP contribution in [0.5, 0.6) is 0 Å². The Bertz CT molecular complexity index is 450. The minimum Gasteiger partial charge on any atom is -0.364 e. The number of hydrogen-bond acceptors (Lipinski definition) is 4. The van der Waals surface area contributed by atoms with E-state index in [2.05, 4.69) is 15.3 Å². The van der Waals surface area contributed by atoms with Crippen molar-refractivity contribution in [2.24, 2.45) is 23.5 Å². The SMILES string of the molecule is NCc1cncnc1NC12CC3CC(CC(C3)C1)C2. The van der Waals surface area contributed by atoms with Crippen LogP contribution in [-0.4, -0.2) is 15.5 Å². The first-order chi connectivity index (χ1) is 9.26. The molecule has 1 heterocycles. The van der Waals surface area contributed by atoms with Gasteiger partial charge in [-0.15, -0.1) is 0 Å². The van der Waals surface area contributed by atoms with Crippen LogP contribution in [0.4, 0.5) is 5.82 Å². The fourth-order valence-corrected chi connectivity index (χ4v) is 5.14. The smallest absolute Gasteiger partial charge is 0.134 e. The van der Waals surface area contributed by atoms with Gasteiger partial charge < -0.3 is 11.1 Å². The topological polar surface area (TPSA) is 63.8 Å². The molecule has 5 rings (SSSR count). The van der Waals surface area contributed by atoms with E-state index in [1.807, 2.05) is 6.20 Å². The molecule has 0 saturated heterocycles. The molecule has 0 aliphatic heterocycles. The molecule has 3 N–H and O–H groups in total. The highest BCUT2D eigenvalue weighted by Gasteiger charge is 2.51. The molecular weight excluding hydrogens is 236 g/mol. The highest BCUT2D eigenvalue weighted by molar-refractivity contribution is 5.45. The van der Waals surface area contributed by atoms with Crippen LogP contribution in [0, 0.1) is 17.8 Å². The predicted molar refractivity (Wildman–Crippen MR) is 74.4 cm³/mol. The van der Waals surface area contributed by atoms with Crippen molar-refractivity contribution >= 4 is 5.82 Å². The molecule has 4 aliphatic carbocycles. The Morgan fingerprint density at radius 3 is 2.37 bits per heavy atom. The fraction of sp³-hybridized carbons (Fsp3) is 0.733. The van der Waals surface area contributed by atoms with Crippen LogP contribution in [0.2, 0.25) is 0 Å². The molecule has 1 aromatic rings. The standard InChI is InChI=1S/C15H22N4/c16-7-13-8-17-9-18-14(13)19-15-4-10-1-11(5-15)3-12(2-10)6-15/h8-12H,1-7,16H2,(H,17,18,19). The first-order valence-corrected chi connectivity index (χ1v) is 7.53. The third kappa shape index (κ3) is 1.93. The summed E-state index contributed by atoms with van der Waals surface area (Å²) in [5.41, 5.74) is 7.14. The van der Waals surface area contributed by atoms with Gasteiger partial charge in [-0.05, 0) is 56.3 Å². The van der Waals surface area contributed by atoms with Gasteiger partial charge in [0.1, 0.15) is 12.1 Å². The highest BCUT2D eigenvalue weighted by atomic mass is 15.1. The Balaban J connectivity index is 1.62. The average molecular weight is 258 g/mol. The van der Waals surface area contributed by atoms with Crippen LogP contribution in [0.25, 0.3) is 0 Å². The summed E-state index contributed by atoms with van der Waals surface area (Å²) in [6, 6.07) is 0. The van der Waals surface area contributed by atoms with E-state index in [0.29, 0.717) is 12.1 Å². The molecule has 4 aliphatic rings. The van der Waals surface area contributed by atoms with E-state index in [-0.39, 0.29) is 0 Å². The summed E-state index contributed by atoms with van der Waals surface area (Å²) in [6.45, 7) is 0.509. The minimum absolute atomic E-state index is 0.299. The van der Waals surface area contributed by atoms with E-state index >= 15 is 0 Å². The third-order valence-corrected chi connectivity index (χ3v) is 5.43. The lowest BCUT2D eigenvalue weighted by atomic mass is 9.53. The first kappa shape index (κ1) is 11.6. The number of aromatic nitrogens is 2. The molecule has 19 heavy (non-hydrogen) atoms. The number of nitrogens with one attached hydrogen (secondary N) is 1. The molecule has 4 bridgehead atoms. The maximum atomic E-state index is 5.80. The molecule has 0 aromatic carbocycles. The second-order valence-electron chi connectivity index (χ2n) is 6.92. The Labute approximate surface area is 114 Å². The first-order valence-electron chi connectivity index (χ1n) is 7.53. The lowest BCUT2D eigenvalue weighted by Gasteiger charge is -2.57. The van der Waals surface area contributed by atoms with Crippen LogP contribution in [-0.2, 0) is 6.54 Å². The van der Waals surface area contributed by atoms with Gasteiger partial charge in [-0.25, -0.2) is 9.97 Å². The van der Waals surface area contributed by atoms with E-state index in [4.69, 9.17) is 5.73 Å². The van der Waals surface area contributed by atoms with Gasteiger partial charge in [0.05, 0.1) is 0 Å². The molecule has 4 nitrogen and oxygen atoms in total. The predicted octanol–water partition coefficient (Wildman–Crippen LogP) is 2.32. The molecule has 0 radical (unpaired) electrons. The number of nitrogens with two attached hydrogens (primary N) is 1. The maximum Gasteiger partial charge on any atom is 0.134 e. The van der Waals surface area contributed by atoms with Crippen LogP contribution in [0.3, 0.4) is 0 Å². The Kier molecular flexibility index (Phi) is 2.56. The van der Waals surface area contributed by atoms with Crippen molar-refractivity contribution in [1.82, 2.24) is 9.97 Å². The fourth-order valence-electron chi connectivity index (χ4n) is 5.14. The van der Waals surface area contributed by atoms with Crippen molar-refractivity contribution in [3.63, 3.8) is 0 Å². The van der Waals surface area contributed by atoms with Crippen molar-refractivity contribution in [3.05, 3.63) is 18.1 Å². The van der Waals surface area contributed by atoms with Crippen molar-refractivity contribution in [2.45, 2.75) is 50.6 Å². The van der Waals surface area contributed by atoms with Crippen molar-refractivity contribution < 1.29 is 0 Å². The molecular formula is C15H22N4. The molecule has 4 fully saturated rings. The molecule has 0 amide bonds. The van der Waals surface area contributed by atoms with E-state index in [0.717, 1.165) is 29.1 Å². The summed E-state index contributed by atoms with van der Waals surface area (Å²) in [6.07, 6.45) is 11.8. The Morgan fingerprint density at radius 1 is 1.16 bits per heavy atom. The van der Waals surface area contributed by atoms with Gasteiger partial charge in [-0.2, -0.15) is 0 Å². The summed E-state index contributed by atoms with van der Waals surface area (Å²) in [7, 11) is 0. The van der Waals surface area contributed by atoms with E-state index in [1.54, 1.807) is 6.33 Å². The van der Waals surface area contributed by atoms with E-state index in [9.17, 15) is 0 Å². The van der Waals surface area contributed by atoms with Gasteiger partial charge in [0.2, 0.25) is 0 Å². The lowest BCUT2D eigenvalue weighted by Crippen LogP contribution is -2.55. The second kappa shape index (κ2) is 4.17. The van der Waals surface area contributed by atoms with Crippen LogP contribution in [0.15, 0.2) is 12.5 Å². The zero-order valence-corrected chi connectivity index (χ0v) is 11.3. The molecule has 0 unspecified atom stereocenters. The van der Waals surface area contributed by atoms with Gasteiger partial charge >= 0.3 is 0 Å². The number of anilines is 1. The summed E-state index contributed by atoms with van der Waals surface area (Å²) in [5, 5.41) is 3.77. The molecule has 0 spiro atoms. The number of nitrogens with zero attached hydrogens (tertiary/aromatic N) is 2.